The van der Waals surface area contributed by atoms with Gasteiger partial charge >= 0.3 is 6.09 Å². The van der Waals surface area contributed by atoms with Crippen molar-refractivity contribution in [2.24, 2.45) is 17.6 Å². The second-order valence-corrected chi connectivity index (χ2v) is 6.65. The van der Waals surface area contributed by atoms with Crippen molar-refractivity contribution in [1.29, 1.82) is 0 Å². The highest BCUT2D eigenvalue weighted by Gasteiger charge is 2.17. The lowest BCUT2D eigenvalue weighted by atomic mass is 9.85. The van der Waals surface area contributed by atoms with Crippen molar-refractivity contribution >= 4 is 6.09 Å². The molecule has 120 valence electrons. The van der Waals surface area contributed by atoms with Crippen LogP contribution in [-0.4, -0.2) is 24.8 Å². The molecule has 0 aliphatic carbocycles. The largest absolute Gasteiger partial charge is 0.444 e. The van der Waals surface area contributed by atoms with Crippen LogP contribution in [0, 0.1) is 11.8 Å². The second kappa shape index (κ2) is 10.0. The Bertz CT molecular complexity index is 262. The molecule has 0 saturated heterocycles. The summed E-state index contributed by atoms with van der Waals surface area (Å²) in [5, 5.41) is 2.84. The summed E-state index contributed by atoms with van der Waals surface area (Å²) in [6.07, 6.45) is 5.43. The number of ether oxygens (including phenoxy) is 1. The number of carbonyl (C=O) groups excluding carboxylic acids is 1. The first-order chi connectivity index (χ1) is 9.30. The summed E-state index contributed by atoms with van der Waals surface area (Å²) >= 11 is 0. The van der Waals surface area contributed by atoms with Crippen LogP contribution in [0.25, 0.3) is 0 Å². The van der Waals surface area contributed by atoms with Gasteiger partial charge in [-0.05, 0) is 52.0 Å². The van der Waals surface area contributed by atoms with Gasteiger partial charge in [-0.15, -0.1) is 0 Å². The van der Waals surface area contributed by atoms with Gasteiger partial charge in [-0.2, -0.15) is 0 Å². The molecule has 20 heavy (non-hydrogen) atoms. The Morgan fingerprint density at radius 1 is 1.25 bits per heavy atom. The van der Waals surface area contributed by atoms with E-state index in [0.717, 1.165) is 25.3 Å². The van der Waals surface area contributed by atoms with Gasteiger partial charge < -0.3 is 15.8 Å². The minimum absolute atomic E-state index is 0.319. The van der Waals surface area contributed by atoms with Crippen molar-refractivity contribution in [2.45, 2.75) is 72.3 Å². The highest BCUT2D eigenvalue weighted by atomic mass is 16.6. The third-order valence-corrected chi connectivity index (χ3v) is 3.63. The van der Waals surface area contributed by atoms with Crippen molar-refractivity contribution in [3.63, 3.8) is 0 Å². The van der Waals surface area contributed by atoms with Crippen LogP contribution in [0.15, 0.2) is 0 Å². The third-order valence-electron chi connectivity index (χ3n) is 3.63. The highest BCUT2D eigenvalue weighted by Crippen LogP contribution is 2.24. The Morgan fingerprint density at radius 2 is 1.90 bits per heavy atom. The Labute approximate surface area is 124 Å². The summed E-state index contributed by atoms with van der Waals surface area (Å²) in [4.78, 5) is 11.5. The van der Waals surface area contributed by atoms with Crippen LogP contribution < -0.4 is 11.1 Å². The molecule has 1 unspecified atom stereocenters. The van der Waals surface area contributed by atoms with Crippen molar-refractivity contribution in [2.75, 3.05) is 13.1 Å². The van der Waals surface area contributed by atoms with Gasteiger partial charge in [0.2, 0.25) is 0 Å². The van der Waals surface area contributed by atoms with Gasteiger partial charge in [-0.1, -0.05) is 33.1 Å². The summed E-state index contributed by atoms with van der Waals surface area (Å²) in [6, 6.07) is 0. The first-order valence-electron chi connectivity index (χ1n) is 7.97. The standard InChI is InChI=1S/C16H34N2O2/c1-6-14(9-7-8-11-17)13(2)10-12-18-15(19)20-16(3,4)5/h13-14H,6-12,17H2,1-5H3,(H,18,19)/t13?,14-/m1/s1. The van der Waals surface area contributed by atoms with E-state index < -0.39 is 5.60 Å². The quantitative estimate of drug-likeness (QED) is 0.635. The van der Waals surface area contributed by atoms with Crippen molar-refractivity contribution in [1.82, 2.24) is 5.32 Å². The average Bonchev–Trinajstić information content (AvgIpc) is 2.32. The Morgan fingerprint density at radius 3 is 2.40 bits per heavy atom. The molecule has 0 spiro atoms. The molecule has 0 aliphatic heterocycles. The van der Waals surface area contributed by atoms with E-state index in [1.165, 1.54) is 19.3 Å². The Hall–Kier alpha value is -0.770. The van der Waals surface area contributed by atoms with E-state index in [-0.39, 0.29) is 6.09 Å². The molecule has 4 heteroatoms. The summed E-state index contributed by atoms with van der Waals surface area (Å²) in [5.41, 5.74) is 5.11. The molecule has 0 saturated carbocycles. The van der Waals surface area contributed by atoms with E-state index in [9.17, 15) is 4.79 Å². The fraction of sp³-hybridized carbons (Fsp3) is 0.938. The number of hydrogen-bond acceptors (Lipinski definition) is 3. The van der Waals surface area contributed by atoms with Crippen LogP contribution >= 0.6 is 0 Å². The maximum Gasteiger partial charge on any atom is 0.407 e. The fourth-order valence-corrected chi connectivity index (χ4v) is 2.39. The number of unbranched alkanes of at least 4 members (excludes halogenated alkanes) is 1. The van der Waals surface area contributed by atoms with E-state index in [2.05, 4.69) is 19.2 Å². The van der Waals surface area contributed by atoms with E-state index in [1.807, 2.05) is 20.8 Å². The summed E-state index contributed by atoms with van der Waals surface area (Å²) in [6.45, 7) is 11.6. The molecule has 0 aliphatic rings. The zero-order valence-corrected chi connectivity index (χ0v) is 14.0. The minimum atomic E-state index is -0.427. The monoisotopic (exact) mass is 286 g/mol. The topological polar surface area (TPSA) is 64.3 Å². The number of carbonyl (C=O) groups is 1. The van der Waals surface area contributed by atoms with Gasteiger partial charge in [-0.25, -0.2) is 4.79 Å². The number of nitrogens with one attached hydrogen (secondary N) is 1. The van der Waals surface area contributed by atoms with Gasteiger partial charge in [0.1, 0.15) is 5.60 Å². The molecule has 0 fully saturated rings. The van der Waals surface area contributed by atoms with E-state index >= 15 is 0 Å². The lowest BCUT2D eigenvalue weighted by Gasteiger charge is -2.24. The molecular weight excluding hydrogens is 252 g/mol. The van der Waals surface area contributed by atoms with E-state index in [0.29, 0.717) is 12.5 Å². The average molecular weight is 286 g/mol. The van der Waals surface area contributed by atoms with Crippen LogP contribution in [0.1, 0.15) is 66.7 Å². The molecule has 0 aromatic heterocycles. The Balaban J connectivity index is 3.89. The fourth-order valence-electron chi connectivity index (χ4n) is 2.39. The predicted octanol–water partition coefficient (Wildman–Crippen LogP) is 3.69. The second-order valence-electron chi connectivity index (χ2n) is 6.65. The Kier molecular flexibility index (Phi) is 9.64. The molecule has 0 aromatic carbocycles. The molecule has 4 nitrogen and oxygen atoms in total. The number of amides is 1. The first-order valence-corrected chi connectivity index (χ1v) is 7.97. The highest BCUT2D eigenvalue weighted by molar-refractivity contribution is 5.67. The van der Waals surface area contributed by atoms with Gasteiger partial charge in [0, 0.05) is 6.54 Å². The summed E-state index contributed by atoms with van der Waals surface area (Å²) in [7, 11) is 0. The molecule has 2 atom stereocenters. The van der Waals surface area contributed by atoms with Crippen LogP contribution in [-0.2, 0) is 4.74 Å². The normalized spacial score (nSPS) is 14.7. The molecule has 0 heterocycles. The maximum atomic E-state index is 11.5. The molecule has 0 radical (unpaired) electrons. The van der Waals surface area contributed by atoms with Crippen LogP contribution in [0.5, 0.6) is 0 Å². The van der Waals surface area contributed by atoms with E-state index in [4.69, 9.17) is 10.5 Å². The smallest absolute Gasteiger partial charge is 0.407 e. The van der Waals surface area contributed by atoms with Gasteiger partial charge in [0.15, 0.2) is 0 Å². The van der Waals surface area contributed by atoms with Crippen LogP contribution in [0.4, 0.5) is 4.79 Å². The SMILES string of the molecule is CC[C@H](CCCCN)C(C)CCNC(=O)OC(C)(C)C. The lowest BCUT2D eigenvalue weighted by Crippen LogP contribution is -2.33. The first kappa shape index (κ1) is 19.2. The summed E-state index contributed by atoms with van der Waals surface area (Å²) in [5.74, 6) is 1.34. The van der Waals surface area contributed by atoms with Crippen molar-refractivity contribution in [3.8, 4) is 0 Å². The molecule has 0 aromatic rings. The van der Waals surface area contributed by atoms with Gasteiger partial charge in [0.25, 0.3) is 0 Å². The zero-order chi connectivity index (χ0) is 15.6. The molecular formula is C16H34N2O2. The number of hydrogen-bond donors (Lipinski definition) is 2. The lowest BCUT2D eigenvalue weighted by molar-refractivity contribution is 0.0523. The predicted molar refractivity (Wildman–Crippen MR) is 84.7 cm³/mol. The van der Waals surface area contributed by atoms with Crippen molar-refractivity contribution in [3.05, 3.63) is 0 Å². The molecule has 1 amide bonds. The maximum absolute atomic E-state index is 11.5. The number of nitrogens with two attached hydrogens (primary N) is 1. The molecule has 0 rings (SSSR count). The molecule has 0 bridgehead atoms. The van der Waals surface area contributed by atoms with Gasteiger partial charge in [0.05, 0.1) is 0 Å². The molecule has 3 N–H and O–H groups in total. The van der Waals surface area contributed by atoms with Crippen LogP contribution in [0.2, 0.25) is 0 Å². The minimum Gasteiger partial charge on any atom is -0.444 e. The van der Waals surface area contributed by atoms with Crippen LogP contribution in [0.3, 0.4) is 0 Å². The summed E-state index contributed by atoms with van der Waals surface area (Å²) < 4.78 is 5.22. The number of alkyl carbamates (subject to hydrolysis) is 1. The third kappa shape index (κ3) is 10.1. The number of rotatable bonds is 9. The van der Waals surface area contributed by atoms with E-state index in [1.54, 1.807) is 0 Å². The van der Waals surface area contributed by atoms with Gasteiger partial charge in [-0.3, -0.25) is 0 Å². The zero-order valence-electron chi connectivity index (χ0n) is 14.0. The van der Waals surface area contributed by atoms with Crippen molar-refractivity contribution < 1.29 is 9.53 Å².